The number of fused-ring (bicyclic) bond motifs is 1. The summed E-state index contributed by atoms with van der Waals surface area (Å²) in [6, 6.07) is 18.6. The summed E-state index contributed by atoms with van der Waals surface area (Å²) in [7, 11) is 0. The van der Waals surface area contributed by atoms with Gasteiger partial charge in [-0.3, -0.25) is 4.98 Å². The van der Waals surface area contributed by atoms with Crippen LogP contribution in [-0.2, 0) is 0 Å². The number of aromatic hydroxyl groups is 1. The fraction of sp³-hybridized carbons (Fsp3) is 0. The standard InChI is InChI=1S/C9H7NO.2C6H5NO2/c11-8-5-1-3-7-4-2-6-10-9(7)8;2*8-6(9)5-3-1-2-4-7-5/h1-6,11H;2*1-4H,(H,8,9). The van der Waals surface area contributed by atoms with Gasteiger partial charge in [0, 0.05) is 24.0 Å². The van der Waals surface area contributed by atoms with Crippen molar-refractivity contribution in [1.82, 2.24) is 15.0 Å². The predicted molar refractivity (Wildman–Crippen MR) is 106 cm³/mol. The summed E-state index contributed by atoms with van der Waals surface area (Å²) in [5.41, 5.74) is 0.824. The molecule has 0 saturated carbocycles. The Morgan fingerprint density at radius 2 is 1.14 bits per heavy atom. The smallest absolute Gasteiger partial charge is 0.354 e. The Kier molecular flexibility index (Phi) is 7.76. The quantitative estimate of drug-likeness (QED) is 0.473. The second-order valence-electron chi connectivity index (χ2n) is 5.39. The zero-order chi connectivity index (χ0) is 21.1. The van der Waals surface area contributed by atoms with Gasteiger partial charge in [0.25, 0.3) is 0 Å². The molecule has 1 aromatic carbocycles. The molecular formula is C21H17N3O5. The van der Waals surface area contributed by atoms with Crippen LogP contribution in [0.4, 0.5) is 0 Å². The Bertz CT molecular complexity index is 1020. The molecule has 0 aliphatic carbocycles. The minimum atomic E-state index is -0.990. The fourth-order valence-electron chi connectivity index (χ4n) is 2.07. The number of phenols is 1. The first-order valence-electron chi connectivity index (χ1n) is 8.30. The molecule has 0 bridgehead atoms. The normalized spacial score (nSPS) is 9.38. The molecule has 0 spiro atoms. The molecule has 0 saturated heterocycles. The molecule has 0 aliphatic heterocycles. The van der Waals surface area contributed by atoms with E-state index in [2.05, 4.69) is 15.0 Å². The number of carboxylic acid groups (broad SMARTS) is 2. The van der Waals surface area contributed by atoms with Crippen LogP contribution in [0.3, 0.4) is 0 Å². The number of para-hydroxylation sites is 1. The van der Waals surface area contributed by atoms with E-state index >= 15 is 0 Å². The van der Waals surface area contributed by atoms with Gasteiger partial charge in [0.2, 0.25) is 0 Å². The molecule has 8 heteroatoms. The van der Waals surface area contributed by atoms with E-state index in [1.54, 1.807) is 42.6 Å². The number of phenolic OH excluding ortho intramolecular Hbond substituents is 1. The van der Waals surface area contributed by atoms with Crippen LogP contribution in [0.1, 0.15) is 21.0 Å². The molecule has 0 aliphatic rings. The molecule has 0 radical (unpaired) electrons. The monoisotopic (exact) mass is 391 g/mol. The van der Waals surface area contributed by atoms with Gasteiger partial charge in [-0.2, -0.15) is 0 Å². The lowest BCUT2D eigenvalue weighted by molar-refractivity contribution is 0.0680. The van der Waals surface area contributed by atoms with Gasteiger partial charge >= 0.3 is 11.9 Å². The van der Waals surface area contributed by atoms with Gasteiger partial charge in [0.1, 0.15) is 22.7 Å². The maximum atomic E-state index is 10.1. The lowest BCUT2D eigenvalue weighted by atomic mass is 10.2. The van der Waals surface area contributed by atoms with Crippen molar-refractivity contribution in [2.24, 2.45) is 0 Å². The lowest BCUT2D eigenvalue weighted by Gasteiger charge is -1.96. The van der Waals surface area contributed by atoms with Crippen molar-refractivity contribution in [3.8, 4) is 5.75 Å². The predicted octanol–water partition coefficient (Wildman–Crippen LogP) is 3.50. The van der Waals surface area contributed by atoms with Crippen molar-refractivity contribution in [1.29, 1.82) is 0 Å². The van der Waals surface area contributed by atoms with Gasteiger partial charge in [-0.05, 0) is 36.4 Å². The van der Waals surface area contributed by atoms with Crippen LogP contribution in [0, 0.1) is 0 Å². The topological polar surface area (TPSA) is 134 Å². The van der Waals surface area contributed by atoms with E-state index in [0.29, 0.717) is 5.52 Å². The van der Waals surface area contributed by atoms with Crippen molar-refractivity contribution in [3.05, 3.63) is 96.7 Å². The third-order valence-electron chi connectivity index (χ3n) is 3.38. The van der Waals surface area contributed by atoms with Gasteiger partial charge in [0.05, 0.1) is 0 Å². The van der Waals surface area contributed by atoms with Gasteiger partial charge in [-0.25, -0.2) is 19.6 Å². The molecule has 146 valence electrons. The fourth-order valence-corrected chi connectivity index (χ4v) is 2.07. The van der Waals surface area contributed by atoms with E-state index in [1.165, 1.54) is 24.5 Å². The summed E-state index contributed by atoms with van der Waals surface area (Å²) in [6.07, 6.45) is 4.56. The molecule has 4 aromatic rings. The highest BCUT2D eigenvalue weighted by molar-refractivity contribution is 5.85. The molecule has 3 heterocycles. The van der Waals surface area contributed by atoms with Gasteiger partial charge in [0.15, 0.2) is 0 Å². The van der Waals surface area contributed by atoms with E-state index in [4.69, 9.17) is 10.2 Å². The van der Waals surface area contributed by atoms with E-state index in [0.717, 1.165) is 5.39 Å². The van der Waals surface area contributed by atoms with Gasteiger partial charge < -0.3 is 15.3 Å². The second kappa shape index (κ2) is 10.7. The first-order valence-corrected chi connectivity index (χ1v) is 8.30. The van der Waals surface area contributed by atoms with Crippen molar-refractivity contribution < 1.29 is 24.9 Å². The summed E-state index contributed by atoms with van der Waals surface area (Å²) in [5, 5.41) is 26.9. The van der Waals surface area contributed by atoms with Gasteiger partial charge in [-0.15, -0.1) is 0 Å². The largest absolute Gasteiger partial charge is 0.506 e. The zero-order valence-corrected chi connectivity index (χ0v) is 15.1. The van der Waals surface area contributed by atoms with Crippen molar-refractivity contribution in [3.63, 3.8) is 0 Å². The van der Waals surface area contributed by atoms with Crippen LogP contribution in [0.2, 0.25) is 0 Å². The third-order valence-corrected chi connectivity index (χ3v) is 3.38. The highest BCUT2D eigenvalue weighted by atomic mass is 16.4. The molecular weight excluding hydrogens is 374 g/mol. The minimum Gasteiger partial charge on any atom is -0.506 e. The van der Waals surface area contributed by atoms with Crippen molar-refractivity contribution in [2.75, 3.05) is 0 Å². The van der Waals surface area contributed by atoms with Crippen molar-refractivity contribution >= 4 is 22.8 Å². The van der Waals surface area contributed by atoms with E-state index in [1.807, 2.05) is 18.2 Å². The molecule has 0 atom stereocenters. The Balaban J connectivity index is 0.000000157. The number of hydrogen-bond donors (Lipinski definition) is 3. The molecule has 8 nitrogen and oxygen atoms in total. The van der Waals surface area contributed by atoms with Crippen LogP contribution in [0.5, 0.6) is 5.75 Å². The number of benzene rings is 1. The molecule has 0 unspecified atom stereocenters. The molecule has 0 fully saturated rings. The SMILES string of the molecule is O=C(O)c1ccccn1.O=C(O)c1ccccn1.Oc1cccc2cccnc12. The van der Waals surface area contributed by atoms with E-state index in [9.17, 15) is 14.7 Å². The lowest BCUT2D eigenvalue weighted by Crippen LogP contribution is -1.97. The molecule has 3 N–H and O–H groups in total. The Labute approximate surface area is 165 Å². The highest BCUT2D eigenvalue weighted by Crippen LogP contribution is 2.20. The first-order chi connectivity index (χ1) is 14.0. The molecule has 0 amide bonds. The van der Waals surface area contributed by atoms with Gasteiger partial charge in [-0.1, -0.05) is 30.3 Å². The number of pyridine rings is 3. The summed E-state index contributed by atoms with van der Waals surface area (Å²) in [4.78, 5) is 31.5. The first kappa shape index (κ1) is 21.0. The average molecular weight is 391 g/mol. The maximum Gasteiger partial charge on any atom is 0.354 e. The van der Waals surface area contributed by atoms with Crippen LogP contribution in [-0.4, -0.2) is 42.2 Å². The number of carboxylic acids is 2. The number of nitrogens with zero attached hydrogens (tertiary/aromatic N) is 3. The Morgan fingerprint density at radius 1 is 0.621 bits per heavy atom. The summed E-state index contributed by atoms with van der Waals surface area (Å²) in [5.74, 6) is -1.74. The zero-order valence-electron chi connectivity index (χ0n) is 15.1. The Morgan fingerprint density at radius 3 is 1.55 bits per heavy atom. The molecule has 29 heavy (non-hydrogen) atoms. The average Bonchev–Trinajstić information content (AvgIpc) is 2.76. The number of carbonyl (C=O) groups is 2. The third kappa shape index (κ3) is 6.72. The number of rotatable bonds is 2. The number of aromatic carboxylic acids is 2. The van der Waals surface area contributed by atoms with Crippen molar-refractivity contribution in [2.45, 2.75) is 0 Å². The minimum absolute atomic E-state index is 0.0810. The number of aromatic nitrogens is 3. The Hall–Kier alpha value is -4.33. The highest BCUT2D eigenvalue weighted by Gasteiger charge is 1.99. The van der Waals surface area contributed by atoms with Crippen LogP contribution in [0.15, 0.2) is 85.3 Å². The summed E-state index contributed by atoms with van der Waals surface area (Å²) < 4.78 is 0. The molecule has 3 aromatic heterocycles. The van der Waals surface area contributed by atoms with Crippen LogP contribution >= 0.6 is 0 Å². The van der Waals surface area contributed by atoms with E-state index < -0.39 is 11.9 Å². The summed E-state index contributed by atoms with van der Waals surface area (Å²) in [6.45, 7) is 0. The van der Waals surface area contributed by atoms with Crippen LogP contribution < -0.4 is 0 Å². The number of hydrogen-bond acceptors (Lipinski definition) is 6. The van der Waals surface area contributed by atoms with E-state index in [-0.39, 0.29) is 17.1 Å². The summed E-state index contributed by atoms with van der Waals surface area (Å²) >= 11 is 0. The maximum absolute atomic E-state index is 10.1. The molecule has 4 rings (SSSR count). The van der Waals surface area contributed by atoms with Crippen LogP contribution in [0.25, 0.3) is 10.9 Å². The second-order valence-corrected chi connectivity index (χ2v) is 5.39.